The van der Waals surface area contributed by atoms with Gasteiger partial charge in [-0.3, -0.25) is 0 Å². The maximum atomic E-state index is 8.47. The van der Waals surface area contributed by atoms with Gasteiger partial charge in [-0.2, -0.15) is 0 Å². The second-order valence-electron chi connectivity index (χ2n) is 4.42. The first kappa shape index (κ1) is 14.3. The molecule has 100 valence electrons. The second kappa shape index (κ2) is 7.55. The van der Waals surface area contributed by atoms with Crippen molar-refractivity contribution < 1.29 is 9.94 Å². The highest BCUT2D eigenvalue weighted by Crippen LogP contribution is 2.12. The molecule has 0 aromatic heterocycles. The van der Waals surface area contributed by atoms with Gasteiger partial charge in [0.25, 0.3) is 0 Å². The molecular formula is C13H21N3O2. The quantitative estimate of drug-likeness (QED) is 0.252. The van der Waals surface area contributed by atoms with E-state index in [1.54, 1.807) is 0 Å². The summed E-state index contributed by atoms with van der Waals surface area (Å²) in [6, 6.07) is 7.63. The van der Waals surface area contributed by atoms with E-state index in [0.717, 1.165) is 24.3 Å². The zero-order valence-electron chi connectivity index (χ0n) is 11.0. The van der Waals surface area contributed by atoms with Gasteiger partial charge in [0.05, 0.1) is 6.61 Å². The van der Waals surface area contributed by atoms with E-state index >= 15 is 0 Å². The first-order valence-electron chi connectivity index (χ1n) is 5.94. The van der Waals surface area contributed by atoms with Crippen LogP contribution in [0.15, 0.2) is 29.4 Å². The molecular weight excluding hydrogens is 230 g/mol. The maximum absolute atomic E-state index is 8.47. The van der Waals surface area contributed by atoms with E-state index < -0.39 is 0 Å². The lowest BCUT2D eigenvalue weighted by Gasteiger charge is -2.10. The van der Waals surface area contributed by atoms with Crippen LogP contribution in [0.3, 0.4) is 0 Å². The molecule has 0 atom stereocenters. The smallest absolute Gasteiger partial charge is 0.143 e. The number of amidine groups is 1. The van der Waals surface area contributed by atoms with E-state index in [0.29, 0.717) is 13.0 Å². The van der Waals surface area contributed by atoms with Crippen LogP contribution in [0.1, 0.15) is 12.0 Å². The van der Waals surface area contributed by atoms with E-state index in [2.05, 4.69) is 10.1 Å². The third kappa shape index (κ3) is 5.54. The van der Waals surface area contributed by atoms with Gasteiger partial charge in [-0.1, -0.05) is 17.3 Å². The van der Waals surface area contributed by atoms with Crippen molar-refractivity contribution in [2.75, 3.05) is 27.2 Å². The zero-order chi connectivity index (χ0) is 13.4. The van der Waals surface area contributed by atoms with Crippen molar-refractivity contribution in [1.29, 1.82) is 0 Å². The van der Waals surface area contributed by atoms with Crippen molar-refractivity contribution in [3.63, 3.8) is 0 Å². The average molecular weight is 251 g/mol. The highest BCUT2D eigenvalue weighted by molar-refractivity contribution is 5.81. The van der Waals surface area contributed by atoms with Gasteiger partial charge < -0.3 is 20.6 Å². The molecule has 0 fully saturated rings. The first-order valence-corrected chi connectivity index (χ1v) is 5.94. The number of oxime groups is 1. The molecule has 18 heavy (non-hydrogen) atoms. The standard InChI is InChI=1S/C13H21N3O2/c1-16(2)8-3-9-18-12-6-4-11(5-7-12)10-13(14)15-17/h4-7,17H,3,8-10H2,1-2H3,(H2,14,15). The largest absolute Gasteiger partial charge is 0.494 e. The Morgan fingerprint density at radius 2 is 2.00 bits per heavy atom. The lowest BCUT2D eigenvalue weighted by atomic mass is 10.1. The fourth-order valence-electron chi connectivity index (χ4n) is 1.52. The molecule has 0 heterocycles. The highest BCUT2D eigenvalue weighted by Gasteiger charge is 1.99. The Hall–Kier alpha value is -1.75. The Balaban J connectivity index is 2.36. The zero-order valence-corrected chi connectivity index (χ0v) is 11.0. The molecule has 5 nitrogen and oxygen atoms in total. The van der Waals surface area contributed by atoms with Gasteiger partial charge in [-0.25, -0.2) is 0 Å². The molecule has 0 aliphatic rings. The molecule has 0 aliphatic carbocycles. The van der Waals surface area contributed by atoms with Gasteiger partial charge >= 0.3 is 0 Å². The van der Waals surface area contributed by atoms with Crippen LogP contribution in [0, 0.1) is 0 Å². The molecule has 0 unspecified atom stereocenters. The number of rotatable bonds is 7. The summed E-state index contributed by atoms with van der Waals surface area (Å²) < 4.78 is 5.61. The normalized spacial score (nSPS) is 11.8. The van der Waals surface area contributed by atoms with E-state index in [9.17, 15) is 0 Å². The molecule has 0 amide bonds. The van der Waals surface area contributed by atoms with Crippen LogP contribution >= 0.6 is 0 Å². The van der Waals surface area contributed by atoms with E-state index in [4.69, 9.17) is 15.7 Å². The van der Waals surface area contributed by atoms with Crippen molar-refractivity contribution >= 4 is 5.84 Å². The predicted octanol–water partition coefficient (Wildman–Crippen LogP) is 1.31. The molecule has 0 spiro atoms. The summed E-state index contributed by atoms with van der Waals surface area (Å²) >= 11 is 0. The average Bonchev–Trinajstić information content (AvgIpc) is 2.36. The van der Waals surface area contributed by atoms with Crippen molar-refractivity contribution in [2.45, 2.75) is 12.8 Å². The van der Waals surface area contributed by atoms with Crippen LogP contribution in [0.4, 0.5) is 0 Å². The maximum Gasteiger partial charge on any atom is 0.143 e. The van der Waals surface area contributed by atoms with Gasteiger partial charge in [-0.15, -0.1) is 0 Å². The SMILES string of the molecule is CN(C)CCCOc1ccc(C/C(N)=N/O)cc1. The van der Waals surface area contributed by atoms with E-state index in [-0.39, 0.29) is 5.84 Å². The number of ether oxygens (including phenoxy) is 1. The third-order valence-corrected chi connectivity index (χ3v) is 2.46. The minimum Gasteiger partial charge on any atom is -0.494 e. The van der Waals surface area contributed by atoms with Gasteiger partial charge in [0, 0.05) is 13.0 Å². The summed E-state index contributed by atoms with van der Waals surface area (Å²) in [6.07, 6.45) is 1.44. The summed E-state index contributed by atoms with van der Waals surface area (Å²) in [5, 5.41) is 11.4. The molecule has 3 N–H and O–H groups in total. The monoisotopic (exact) mass is 251 g/mol. The minimum absolute atomic E-state index is 0.203. The van der Waals surface area contributed by atoms with Crippen LogP contribution in [0.25, 0.3) is 0 Å². The predicted molar refractivity (Wildman–Crippen MR) is 72.2 cm³/mol. The number of nitrogens with zero attached hydrogens (tertiary/aromatic N) is 2. The van der Waals surface area contributed by atoms with Crippen molar-refractivity contribution in [1.82, 2.24) is 4.90 Å². The molecule has 5 heteroatoms. The van der Waals surface area contributed by atoms with Gasteiger partial charge in [0.1, 0.15) is 11.6 Å². The summed E-state index contributed by atoms with van der Waals surface area (Å²) in [5.41, 5.74) is 6.43. The number of hydrogen-bond acceptors (Lipinski definition) is 4. The van der Waals surface area contributed by atoms with Crippen LogP contribution in [0.2, 0.25) is 0 Å². The van der Waals surface area contributed by atoms with Crippen LogP contribution in [-0.2, 0) is 6.42 Å². The Morgan fingerprint density at radius 3 is 2.56 bits per heavy atom. The Labute approximate surface area is 108 Å². The molecule has 1 aromatic carbocycles. The van der Waals surface area contributed by atoms with Crippen molar-refractivity contribution in [3.05, 3.63) is 29.8 Å². The lowest BCUT2D eigenvalue weighted by Crippen LogP contribution is -2.15. The number of hydrogen-bond donors (Lipinski definition) is 2. The molecule has 0 bridgehead atoms. The number of nitrogens with two attached hydrogens (primary N) is 1. The van der Waals surface area contributed by atoms with Crippen LogP contribution < -0.4 is 10.5 Å². The molecule has 1 aromatic rings. The van der Waals surface area contributed by atoms with E-state index in [1.165, 1.54) is 0 Å². The third-order valence-electron chi connectivity index (χ3n) is 2.46. The molecule has 0 aliphatic heterocycles. The van der Waals surface area contributed by atoms with Gasteiger partial charge in [0.2, 0.25) is 0 Å². The van der Waals surface area contributed by atoms with E-state index in [1.807, 2.05) is 38.4 Å². The van der Waals surface area contributed by atoms with Crippen LogP contribution in [-0.4, -0.2) is 43.2 Å². The topological polar surface area (TPSA) is 71.1 Å². The fraction of sp³-hybridized carbons (Fsp3) is 0.462. The first-order chi connectivity index (χ1) is 8.61. The fourth-order valence-corrected chi connectivity index (χ4v) is 1.52. The van der Waals surface area contributed by atoms with Crippen molar-refractivity contribution in [2.24, 2.45) is 10.9 Å². The molecule has 0 saturated carbocycles. The van der Waals surface area contributed by atoms with Crippen molar-refractivity contribution in [3.8, 4) is 5.75 Å². The summed E-state index contributed by atoms with van der Waals surface area (Å²) in [4.78, 5) is 2.13. The molecule has 1 rings (SSSR count). The second-order valence-corrected chi connectivity index (χ2v) is 4.42. The Morgan fingerprint density at radius 1 is 1.33 bits per heavy atom. The minimum atomic E-state index is 0.203. The highest BCUT2D eigenvalue weighted by atomic mass is 16.5. The summed E-state index contributed by atoms with van der Waals surface area (Å²) in [5.74, 6) is 1.05. The lowest BCUT2D eigenvalue weighted by molar-refractivity contribution is 0.281. The Bertz CT molecular complexity index is 374. The summed E-state index contributed by atoms with van der Waals surface area (Å²) in [7, 11) is 4.09. The van der Waals surface area contributed by atoms with Crippen LogP contribution in [0.5, 0.6) is 5.75 Å². The number of benzene rings is 1. The van der Waals surface area contributed by atoms with Gasteiger partial charge in [0.15, 0.2) is 0 Å². The molecule has 0 saturated heterocycles. The van der Waals surface area contributed by atoms with Gasteiger partial charge in [-0.05, 0) is 38.2 Å². The Kier molecular flexibility index (Phi) is 6.00. The summed E-state index contributed by atoms with van der Waals surface area (Å²) in [6.45, 7) is 1.72. The molecule has 0 radical (unpaired) electrons.